The second kappa shape index (κ2) is 8.27. The molecule has 0 aliphatic carbocycles. The first-order chi connectivity index (χ1) is 12.6. The normalized spacial score (nSPS) is 11.1. The van der Waals surface area contributed by atoms with Crippen LogP contribution in [0, 0.1) is 0 Å². The fourth-order valence-electron chi connectivity index (χ4n) is 2.83. The predicted octanol–water partition coefficient (Wildman–Crippen LogP) is 4.42. The molecule has 0 aliphatic rings. The lowest BCUT2D eigenvalue weighted by atomic mass is 9.99. The van der Waals surface area contributed by atoms with Gasteiger partial charge in [0, 0.05) is 31.0 Å². The highest BCUT2D eigenvalue weighted by molar-refractivity contribution is 7.17. The van der Waals surface area contributed by atoms with Crippen LogP contribution in [0.5, 0.6) is 0 Å². The Kier molecular flexibility index (Phi) is 5.83. The Balaban J connectivity index is 1.82. The summed E-state index contributed by atoms with van der Waals surface area (Å²) in [5.41, 5.74) is 3.67. The Hall–Kier alpha value is -2.47. The molecule has 0 bridgehead atoms. The van der Waals surface area contributed by atoms with Gasteiger partial charge in [-0.3, -0.25) is 4.79 Å². The number of amides is 1. The topological polar surface area (TPSA) is 66.9 Å². The van der Waals surface area contributed by atoms with Crippen molar-refractivity contribution in [2.45, 2.75) is 33.1 Å². The lowest BCUT2D eigenvalue weighted by molar-refractivity contribution is -0.118. The Labute approximate surface area is 157 Å². The molecule has 0 unspecified atom stereocenters. The van der Waals surface area contributed by atoms with Gasteiger partial charge in [-0.15, -0.1) is 11.3 Å². The molecule has 136 valence electrons. The van der Waals surface area contributed by atoms with Crippen LogP contribution in [0.25, 0.3) is 21.3 Å². The van der Waals surface area contributed by atoms with Gasteiger partial charge < -0.3 is 10.6 Å². The molecule has 5 nitrogen and oxygen atoms in total. The molecule has 0 saturated carbocycles. The van der Waals surface area contributed by atoms with E-state index in [-0.39, 0.29) is 5.91 Å². The second-order valence-corrected chi connectivity index (χ2v) is 7.45. The van der Waals surface area contributed by atoms with Crippen molar-refractivity contribution in [1.29, 1.82) is 0 Å². The van der Waals surface area contributed by atoms with E-state index in [1.807, 2.05) is 0 Å². The molecule has 1 aromatic carbocycles. The van der Waals surface area contributed by atoms with E-state index in [2.05, 4.69) is 64.1 Å². The largest absolute Gasteiger partial charge is 0.369 e. The molecule has 6 heteroatoms. The number of hydrogen-bond donors (Lipinski definition) is 2. The van der Waals surface area contributed by atoms with E-state index in [4.69, 9.17) is 0 Å². The minimum absolute atomic E-state index is 0.000563. The van der Waals surface area contributed by atoms with E-state index in [0.29, 0.717) is 12.5 Å². The van der Waals surface area contributed by atoms with Crippen LogP contribution in [0.4, 0.5) is 5.82 Å². The number of hydrogen-bond acceptors (Lipinski definition) is 5. The zero-order valence-electron chi connectivity index (χ0n) is 15.4. The Morgan fingerprint density at radius 2 is 1.92 bits per heavy atom. The van der Waals surface area contributed by atoms with Crippen molar-refractivity contribution in [3.05, 3.63) is 41.5 Å². The molecule has 0 spiro atoms. The molecule has 0 saturated heterocycles. The molecule has 3 rings (SSSR count). The van der Waals surface area contributed by atoms with Gasteiger partial charge in [0.15, 0.2) is 0 Å². The fraction of sp³-hybridized carbons (Fsp3) is 0.350. The summed E-state index contributed by atoms with van der Waals surface area (Å²) in [6.07, 6.45) is 2.44. The summed E-state index contributed by atoms with van der Waals surface area (Å²) < 4.78 is 0. The maximum atomic E-state index is 10.9. The summed E-state index contributed by atoms with van der Waals surface area (Å²) in [5, 5.41) is 9.41. The van der Waals surface area contributed by atoms with E-state index in [1.54, 1.807) is 17.7 Å². The van der Waals surface area contributed by atoms with Crippen molar-refractivity contribution in [1.82, 2.24) is 15.3 Å². The quantitative estimate of drug-likeness (QED) is 0.606. The Bertz CT molecular complexity index is 886. The molecular formula is C20H24N4OS. The number of nitrogens with one attached hydrogen (secondary N) is 2. The molecule has 0 atom stereocenters. The first-order valence-electron chi connectivity index (χ1n) is 8.87. The average molecular weight is 369 g/mol. The number of benzene rings is 1. The third-order valence-electron chi connectivity index (χ3n) is 4.28. The lowest BCUT2D eigenvalue weighted by Crippen LogP contribution is -2.22. The van der Waals surface area contributed by atoms with Gasteiger partial charge >= 0.3 is 0 Å². The molecule has 1 amide bonds. The molecule has 2 N–H and O–H groups in total. The third kappa shape index (κ3) is 4.19. The van der Waals surface area contributed by atoms with Gasteiger partial charge in [-0.1, -0.05) is 38.1 Å². The summed E-state index contributed by atoms with van der Waals surface area (Å²) in [6, 6.07) is 8.72. The van der Waals surface area contributed by atoms with Crippen molar-refractivity contribution in [3.63, 3.8) is 0 Å². The highest BCUT2D eigenvalue weighted by Gasteiger charge is 2.13. The SMILES string of the molecule is CC(=O)NCCCNc1ncnc2scc(-c3ccc(C(C)C)cc3)c12. The summed E-state index contributed by atoms with van der Waals surface area (Å²) >= 11 is 1.63. The van der Waals surface area contributed by atoms with E-state index in [0.717, 1.165) is 34.6 Å². The molecular weight excluding hydrogens is 344 g/mol. The molecule has 0 radical (unpaired) electrons. The number of carbonyl (C=O) groups is 1. The highest BCUT2D eigenvalue weighted by Crippen LogP contribution is 2.36. The minimum Gasteiger partial charge on any atom is -0.369 e. The van der Waals surface area contributed by atoms with Crippen LogP contribution in [0.15, 0.2) is 36.0 Å². The van der Waals surface area contributed by atoms with Gasteiger partial charge in [0.1, 0.15) is 17.0 Å². The van der Waals surface area contributed by atoms with Crippen molar-refractivity contribution >= 4 is 33.3 Å². The highest BCUT2D eigenvalue weighted by atomic mass is 32.1. The zero-order chi connectivity index (χ0) is 18.5. The number of nitrogens with zero attached hydrogens (tertiary/aromatic N) is 2. The summed E-state index contributed by atoms with van der Waals surface area (Å²) in [7, 11) is 0. The maximum absolute atomic E-state index is 10.9. The van der Waals surface area contributed by atoms with Gasteiger partial charge in [-0.25, -0.2) is 9.97 Å². The van der Waals surface area contributed by atoms with Crippen molar-refractivity contribution in [2.75, 3.05) is 18.4 Å². The number of thiophene rings is 1. The zero-order valence-corrected chi connectivity index (χ0v) is 16.2. The summed E-state index contributed by atoms with van der Waals surface area (Å²) in [5.74, 6) is 1.37. The number of fused-ring (bicyclic) bond motifs is 1. The van der Waals surface area contributed by atoms with Crippen LogP contribution in [0.1, 0.15) is 38.7 Å². The number of anilines is 1. The van der Waals surface area contributed by atoms with E-state index in [9.17, 15) is 4.79 Å². The fourth-order valence-corrected chi connectivity index (χ4v) is 3.74. The average Bonchev–Trinajstić information content (AvgIpc) is 3.06. The van der Waals surface area contributed by atoms with Crippen LogP contribution >= 0.6 is 11.3 Å². The monoisotopic (exact) mass is 368 g/mol. The van der Waals surface area contributed by atoms with Crippen LogP contribution in [-0.4, -0.2) is 29.0 Å². The number of aromatic nitrogens is 2. The van der Waals surface area contributed by atoms with E-state index in [1.165, 1.54) is 18.1 Å². The molecule has 0 fully saturated rings. The molecule has 3 aromatic rings. The predicted molar refractivity (Wildman–Crippen MR) is 109 cm³/mol. The van der Waals surface area contributed by atoms with Crippen LogP contribution in [0.3, 0.4) is 0 Å². The van der Waals surface area contributed by atoms with Gasteiger partial charge in [0.2, 0.25) is 5.91 Å². The van der Waals surface area contributed by atoms with Crippen molar-refractivity contribution in [3.8, 4) is 11.1 Å². The molecule has 2 heterocycles. The second-order valence-electron chi connectivity index (χ2n) is 6.59. The van der Waals surface area contributed by atoms with Gasteiger partial charge in [-0.05, 0) is 23.5 Å². The molecule has 26 heavy (non-hydrogen) atoms. The van der Waals surface area contributed by atoms with Gasteiger partial charge in [0.25, 0.3) is 0 Å². The van der Waals surface area contributed by atoms with E-state index >= 15 is 0 Å². The summed E-state index contributed by atoms with van der Waals surface area (Å²) in [4.78, 5) is 20.8. The standard InChI is InChI=1S/C20H24N4OS/c1-13(2)15-5-7-16(8-6-15)17-11-26-20-18(17)19(23-12-24-20)22-10-4-9-21-14(3)25/h5-8,11-13H,4,9-10H2,1-3H3,(H,21,25)(H,22,23,24). The Morgan fingerprint density at radius 3 is 2.62 bits per heavy atom. The molecule has 0 aliphatic heterocycles. The first-order valence-corrected chi connectivity index (χ1v) is 9.75. The lowest BCUT2D eigenvalue weighted by Gasteiger charge is -2.10. The first kappa shape index (κ1) is 18.3. The molecule has 2 aromatic heterocycles. The number of rotatable bonds is 7. The minimum atomic E-state index is -0.000563. The van der Waals surface area contributed by atoms with Crippen LogP contribution < -0.4 is 10.6 Å². The smallest absolute Gasteiger partial charge is 0.216 e. The number of carbonyl (C=O) groups excluding carboxylic acids is 1. The van der Waals surface area contributed by atoms with Crippen molar-refractivity contribution in [2.24, 2.45) is 0 Å². The summed E-state index contributed by atoms with van der Waals surface area (Å²) in [6.45, 7) is 7.33. The van der Waals surface area contributed by atoms with Crippen LogP contribution in [-0.2, 0) is 4.79 Å². The Morgan fingerprint density at radius 1 is 1.15 bits per heavy atom. The van der Waals surface area contributed by atoms with Crippen LogP contribution in [0.2, 0.25) is 0 Å². The van der Waals surface area contributed by atoms with Gasteiger partial charge in [-0.2, -0.15) is 0 Å². The van der Waals surface area contributed by atoms with Gasteiger partial charge in [0.05, 0.1) is 5.39 Å². The maximum Gasteiger partial charge on any atom is 0.216 e. The third-order valence-corrected chi connectivity index (χ3v) is 5.16. The van der Waals surface area contributed by atoms with E-state index < -0.39 is 0 Å². The van der Waals surface area contributed by atoms with Crippen molar-refractivity contribution < 1.29 is 4.79 Å².